The zero-order valence-electron chi connectivity index (χ0n) is 13.0. The summed E-state index contributed by atoms with van der Waals surface area (Å²) in [6, 6.07) is 5.56. The van der Waals surface area contributed by atoms with Crippen LogP contribution >= 0.6 is 0 Å². The van der Waals surface area contributed by atoms with Crippen molar-refractivity contribution in [3.8, 4) is 11.5 Å². The van der Waals surface area contributed by atoms with Crippen molar-refractivity contribution in [2.45, 2.75) is 19.8 Å². The van der Waals surface area contributed by atoms with Gasteiger partial charge in [0.1, 0.15) is 5.78 Å². The van der Waals surface area contributed by atoms with Crippen LogP contribution in [0.1, 0.15) is 25.3 Å². The molecule has 5 nitrogen and oxygen atoms in total. The summed E-state index contributed by atoms with van der Waals surface area (Å²) in [5, 5.41) is 0. The molecule has 1 aliphatic rings. The number of Topliss-reactive ketones (excluding diaryl/α,β-unsaturated/α-hetero) is 1. The van der Waals surface area contributed by atoms with E-state index in [1.807, 2.05) is 31.2 Å². The molecule has 0 bridgehead atoms. The molecular weight excluding hydrogens is 282 g/mol. The molecule has 1 saturated heterocycles. The molecule has 0 spiro atoms. The maximum atomic E-state index is 12.1. The number of piperidine rings is 1. The predicted octanol–water partition coefficient (Wildman–Crippen LogP) is 2.30. The quantitative estimate of drug-likeness (QED) is 0.837. The van der Waals surface area contributed by atoms with Crippen molar-refractivity contribution in [3.63, 3.8) is 0 Å². The van der Waals surface area contributed by atoms with Crippen LogP contribution in [0.25, 0.3) is 6.08 Å². The van der Waals surface area contributed by atoms with E-state index in [0.717, 1.165) is 5.56 Å². The first-order valence-electron chi connectivity index (χ1n) is 7.37. The summed E-state index contributed by atoms with van der Waals surface area (Å²) in [5.74, 6) is 1.24. The molecular formula is C17H21NO4. The van der Waals surface area contributed by atoms with E-state index >= 15 is 0 Å². The first-order chi connectivity index (χ1) is 10.6. The number of benzene rings is 1. The Balaban J connectivity index is 1.96. The maximum Gasteiger partial charge on any atom is 0.260 e. The number of amides is 1. The Hall–Kier alpha value is -2.30. The van der Waals surface area contributed by atoms with Crippen molar-refractivity contribution in [2.24, 2.45) is 0 Å². The maximum absolute atomic E-state index is 12.1. The third-order valence-corrected chi connectivity index (χ3v) is 3.57. The highest BCUT2D eigenvalue weighted by atomic mass is 16.5. The number of nitrogens with zero attached hydrogens (tertiary/aromatic N) is 1. The third-order valence-electron chi connectivity index (χ3n) is 3.57. The van der Waals surface area contributed by atoms with Gasteiger partial charge < -0.3 is 14.4 Å². The van der Waals surface area contributed by atoms with Gasteiger partial charge in [-0.1, -0.05) is 18.2 Å². The summed E-state index contributed by atoms with van der Waals surface area (Å²) in [7, 11) is 1.57. The van der Waals surface area contributed by atoms with E-state index in [-0.39, 0.29) is 18.3 Å². The Kier molecular flexibility index (Phi) is 5.58. The Morgan fingerprint density at radius 1 is 1.27 bits per heavy atom. The van der Waals surface area contributed by atoms with Gasteiger partial charge in [-0.25, -0.2) is 0 Å². The van der Waals surface area contributed by atoms with Crippen LogP contribution in [0.3, 0.4) is 0 Å². The normalized spacial score (nSPS) is 15.2. The van der Waals surface area contributed by atoms with Crippen LogP contribution in [0, 0.1) is 0 Å². The van der Waals surface area contributed by atoms with Crippen molar-refractivity contribution in [1.82, 2.24) is 4.90 Å². The Labute approximate surface area is 130 Å². The van der Waals surface area contributed by atoms with Crippen LogP contribution in [0.2, 0.25) is 0 Å². The van der Waals surface area contributed by atoms with Crippen molar-refractivity contribution in [2.75, 3.05) is 26.8 Å². The average Bonchev–Trinajstić information content (AvgIpc) is 2.54. The molecule has 0 aliphatic carbocycles. The number of likely N-dealkylation sites (tertiary alicyclic amines) is 1. The Morgan fingerprint density at radius 2 is 2.00 bits per heavy atom. The van der Waals surface area contributed by atoms with Crippen LogP contribution < -0.4 is 9.47 Å². The molecule has 22 heavy (non-hydrogen) atoms. The first-order valence-corrected chi connectivity index (χ1v) is 7.37. The van der Waals surface area contributed by atoms with Crippen LogP contribution in [0.15, 0.2) is 24.3 Å². The molecule has 1 heterocycles. The molecule has 2 rings (SSSR count). The number of carbonyl (C=O) groups excluding carboxylic acids is 2. The number of ether oxygens (including phenoxy) is 2. The highest BCUT2D eigenvalue weighted by Crippen LogP contribution is 2.28. The van der Waals surface area contributed by atoms with E-state index in [9.17, 15) is 9.59 Å². The summed E-state index contributed by atoms with van der Waals surface area (Å²) in [4.78, 5) is 24.9. The van der Waals surface area contributed by atoms with Gasteiger partial charge in [0, 0.05) is 25.9 Å². The van der Waals surface area contributed by atoms with Gasteiger partial charge in [0.25, 0.3) is 5.91 Å². The molecule has 5 heteroatoms. The number of ketones is 1. The summed E-state index contributed by atoms with van der Waals surface area (Å²) >= 11 is 0. The topological polar surface area (TPSA) is 55.8 Å². The predicted molar refractivity (Wildman–Crippen MR) is 84.0 cm³/mol. The second-order valence-corrected chi connectivity index (χ2v) is 5.12. The molecule has 0 N–H and O–H groups in total. The molecule has 0 aromatic heterocycles. The molecule has 0 radical (unpaired) electrons. The van der Waals surface area contributed by atoms with Crippen molar-refractivity contribution in [1.29, 1.82) is 0 Å². The van der Waals surface area contributed by atoms with Gasteiger partial charge >= 0.3 is 0 Å². The van der Waals surface area contributed by atoms with E-state index < -0.39 is 0 Å². The van der Waals surface area contributed by atoms with Crippen LogP contribution in [0.4, 0.5) is 0 Å². The molecule has 1 amide bonds. The second-order valence-electron chi connectivity index (χ2n) is 5.12. The minimum atomic E-state index is -0.105. The van der Waals surface area contributed by atoms with Crippen molar-refractivity contribution >= 4 is 17.8 Å². The lowest BCUT2D eigenvalue weighted by Crippen LogP contribution is -2.41. The fourth-order valence-electron chi connectivity index (χ4n) is 2.34. The summed E-state index contributed by atoms with van der Waals surface area (Å²) in [6.45, 7) is 2.86. The summed E-state index contributed by atoms with van der Waals surface area (Å²) in [5.41, 5.74) is 1.01. The third kappa shape index (κ3) is 4.10. The Bertz CT molecular complexity index is 570. The van der Waals surface area contributed by atoms with Gasteiger partial charge in [-0.05, 0) is 24.6 Å². The standard InChI is InChI=1S/C17H21NO4/c1-3-4-13-5-6-15(16(11-13)21-2)22-12-17(20)18-9-7-14(19)8-10-18/h3-6,11H,7-10,12H2,1-2H3. The van der Waals surface area contributed by atoms with Gasteiger partial charge in [0.15, 0.2) is 18.1 Å². The SMILES string of the molecule is CC=Cc1ccc(OCC(=O)N2CCC(=O)CC2)c(OC)c1. The van der Waals surface area contributed by atoms with Gasteiger partial charge in [-0.15, -0.1) is 0 Å². The Morgan fingerprint density at radius 3 is 2.64 bits per heavy atom. The number of allylic oxidation sites excluding steroid dienone is 1. The van der Waals surface area contributed by atoms with Crippen LogP contribution in [-0.4, -0.2) is 43.4 Å². The fraction of sp³-hybridized carbons (Fsp3) is 0.412. The van der Waals surface area contributed by atoms with Crippen LogP contribution in [-0.2, 0) is 9.59 Å². The molecule has 1 aromatic carbocycles. The zero-order chi connectivity index (χ0) is 15.9. The highest BCUT2D eigenvalue weighted by molar-refractivity contribution is 5.84. The lowest BCUT2D eigenvalue weighted by molar-refractivity contribution is -0.136. The van der Waals surface area contributed by atoms with Crippen molar-refractivity contribution in [3.05, 3.63) is 29.8 Å². The first kappa shape index (κ1) is 16.1. The van der Waals surface area contributed by atoms with E-state index in [1.54, 1.807) is 18.1 Å². The highest BCUT2D eigenvalue weighted by Gasteiger charge is 2.21. The molecule has 1 fully saturated rings. The van der Waals surface area contributed by atoms with E-state index in [0.29, 0.717) is 37.4 Å². The smallest absolute Gasteiger partial charge is 0.260 e. The molecule has 118 valence electrons. The fourth-order valence-corrected chi connectivity index (χ4v) is 2.34. The largest absolute Gasteiger partial charge is 0.493 e. The lowest BCUT2D eigenvalue weighted by atomic mass is 10.1. The molecule has 0 unspecified atom stereocenters. The monoisotopic (exact) mass is 303 g/mol. The van der Waals surface area contributed by atoms with E-state index in [1.165, 1.54) is 0 Å². The molecule has 0 saturated carbocycles. The number of methoxy groups -OCH3 is 1. The van der Waals surface area contributed by atoms with E-state index in [4.69, 9.17) is 9.47 Å². The van der Waals surface area contributed by atoms with Gasteiger partial charge in [-0.2, -0.15) is 0 Å². The molecule has 1 aromatic rings. The molecule has 1 aliphatic heterocycles. The van der Waals surface area contributed by atoms with Gasteiger partial charge in [-0.3, -0.25) is 9.59 Å². The van der Waals surface area contributed by atoms with Gasteiger partial charge in [0.2, 0.25) is 0 Å². The van der Waals surface area contributed by atoms with Gasteiger partial charge in [0.05, 0.1) is 7.11 Å². The zero-order valence-corrected chi connectivity index (χ0v) is 13.0. The number of carbonyl (C=O) groups is 2. The van der Waals surface area contributed by atoms with E-state index in [2.05, 4.69) is 0 Å². The average molecular weight is 303 g/mol. The number of rotatable bonds is 5. The minimum absolute atomic E-state index is 0.0481. The number of hydrogen-bond acceptors (Lipinski definition) is 4. The minimum Gasteiger partial charge on any atom is -0.493 e. The van der Waals surface area contributed by atoms with Crippen molar-refractivity contribution < 1.29 is 19.1 Å². The lowest BCUT2D eigenvalue weighted by Gasteiger charge is -2.26. The number of hydrogen-bond donors (Lipinski definition) is 0. The summed E-state index contributed by atoms with van der Waals surface area (Å²) in [6.07, 6.45) is 4.78. The van der Waals surface area contributed by atoms with Crippen LogP contribution in [0.5, 0.6) is 11.5 Å². The molecule has 0 atom stereocenters. The summed E-state index contributed by atoms with van der Waals surface area (Å²) < 4.78 is 10.9. The second kappa shape index (κ2) is 7.64.